The summed E-state index contributed by atoms with van der Waals surface area (Å²) in [5.74, 6) is -4.96. The normalized spacial score (nSPS) is 17.4. The monoisotopic (exact) mass is 261 g/mol. The largest absolute Gasteiger partial charge is 0.378 e. The first-order chi connectivity index (χ1) is 8.49. The van der Waals surface area contributed by atoms with Crippen molar-refractivity contribution < 1.29 is 17.6 Å². The average molecular weight is 261 g/mol. The summed E-state index contributed by atoms with van der Waals surface area (Å²) in [6.07, 6.45) is 4.13. The molecule has 0 saturated heterocycles. The zero-order chi connectivity index (χ0) is 13.3. The van der Waals surface area contributed by atoms with E-state index >= 15 is 0 Å². The van der Waals surface area contributed by atoms with Gasteiger partial charge in [0.05, 0.1) is 0 Å². The maximum absolute atomic E-state index is 13.4. The van der Waals surface area contributed by atoms with Gasteiger partial charge in [0, 0.05) is 12.1 Å². The van der Waals surface area contributed by atoms with Crippen LogP contribution in [0.4, 0.5) is 23.2 Å². The fraction of sp³-hybridized carbons (Fsp3) is 0.538. The van der Waals surface area contributed by atoms with Crippen LogP contribution in [-0.4, -0.2) is 6.04 Å². The van der Waals surface area contributed by atoms with Crippen LogP contribution in [0, 0.1) is 29.2 Å². The van der Waals surface area contributed by atoms with Gasteiger partial charge in [0.25, 0.3) is 0 Å². The Labute approximate surface area is 103 Å². The first-order valence-corrected chi connectivity index (χ1v) is 6.08. The molecule has 1 N–H and O–H groups in total. The van der Waals surface area contributed by atoms with E-state index in [4.69, 9.17) is 0 Å². The molecule has 100 valence electrons. The van der Waals surface area contributed by atoms with Crippen molar-refractivity contribution in [1.29, 1.82) is 0 Å². The molecule has 1 aromatic carbocycles. The fourth-order valence-electron chi connectivity index (χ4n) is 2.23. The van der Waals surface area contributed by atoms with E-state index in [9.17, 15) is 17.6 Å². The summed E-state index contributed by atoms with van der Waals surface area (Å²) in [6.45, 7) is 1.75. The van der Waals surface area contributed by atoms with Crippen molar-refractivity contribution >= 4 is 5.69 Å². The summed E-state index contributed by atoms with van der Waals surface area (Å²) in [6, 6.07) is -0.00703. The number of hydrogen-bond acceptors (Lipinski definition) is 1. The lowest BCUT2D eigenvalue weighted by atomic mass is 9.81. The van der Waals surface area contributed by atoms with E-state index in [2.05, 4.69) is 5.32 Å². The summed E-state index contributed by atoms with van der Waals surface area (Å²) in [4.78, 5) is 0. The van der Waals surface area contributed by atoms with E-state index in [-0.39, 0.29) is 12.1 Å². The van der Waals surface area contributed by atoms with Crippen molar-refractivity contribution in [2.45, 2.75) is 38.6 Å². The van der Waals surface area contributed by atoms with Gasteiger partial charge in [-0.25, -0.2) is 17.6 Å². The van der Waals surface area contributed by atoms with E-state index in [1.54, 1.807) is 6.92 Å². The predicted molar refractivity (Wildman–Crippen MR) is 61.3 cm³/mol. The minimum atomic E-state index is -1.38. The molecule has 0 bridgehead atoms. The predicted octanol–water partition coefficient (Wildman–Crippen LogP) is 4.23. The molecule has 1 aliphatic carbocycles. The number of anilines is 1. The van der Waals surface area contributed by atoms with Crippen LogP contribution in [0.2, 0.25) is 0 Å². The third kappa shape index (κ3) is 2.60. The summed E-state index contributed by atoms with van der Waals surface area (Å²) < 4.78 is 52.8. The average Bonchev–Trinajstić information content (AvgIpc) is 2.27. The smallest absolute Gasteiger partial charge is 0.185 e. The minimum Gasteiger partial charge on any atom is -0.378 e. The summed E-state index contributed by atoms with van der Waals surface area (Å²) in [7, 11) is 0. The Hall–Kier alpha value is -1.26. The standard InChI is InChI=1S/C13H15F4N/c1-7(5-8-3-2-4-8)18-13-11(16)9(14)6-10(15)12(13)17/h6-8,18H,2-5H2,1H3. The van der Waals surface area contributed by atoms with Gasteiger partial charge in [-0.1, -0.05) is 19.3 Å². The summed E-state index contributed by atoms with van der Waals surface area (Å²) in [5.41, 5.74) is -0.709. The Kier molecular flexibility index (Phi) is 3.78. The van der Waals surface area contributed by atoms with Gasteiger partial charge in [-0.15, -0.1) is 0 Å². The molecule has 5 heteroatoms. The molecule has 0 radical (unpaired) electrons. The number of rotatable bonds is 4. The molecule has 1 fully saturated rings. The van der Waals surface area contributed by atoms with Crippen LogP contribution in [0.1, 0.15) is 32.6 Å². The van der Waals surface area contributed by atoms with E-state index in [1.165, 1.54) is 6.42 Å². The van der Waals surface area contributed by atoms with Crippen molar-refractivity contribution in [3.05, 3.63) is 29.3 Å². The lowest BCUT2D eigenvalue weighted by Crippen LogP contribution is -2.24. The first-order valence-electron chi connectivity index (χ1n) is 6.08. The third-order valence-corrected chi connectivity index (χ3v) is 3.41. The summed E-state index contributed by atoms with van der Waals surface area (Å²) >= 11 is 0. The second-order valence-corrected chi connectivity index (χ2v) is 4.92. The molecule has 18 heavy (non-hydrogen) atoms. The molecule has 0 spiro atoms. The quantitative estimate of drug-likeness (QED) is 0.631. The molecule has 1 aromatic rings. The number of nitrogens with one attached hydrogen (secondary N) is 1. The molecule has 1 atom stereocenters. The fourth-order valence-corrected chi connectivity index (χ4v) is 2.23. The molecular formula is C13H15F4N. The van der Waals surface area contributed by atoms with Crippen molar-refractivity contribution in [1.82, 2.24) is 0 Å². The molecule has 1 unspecified atom stereocenters. The molecule has 2 rings (SSSR count). The van der Waals surface area contributed by atoms with Crippen LogP contribution in [0.25, 0.3) is 0 Å². The Morgan fingerprint density at radius 1 is 1.17 bits per heavy atom. The second-order valence-electron chi connectivity index (χ2n) is 4.92. The Morgan fingerprint density at radius 2 is 1.72 bits per heavy atom. The van der Waals surface area contributed by atoms with Crippen LogP contribution < -0.4 is 5.32 Å². The van der Waals surface area contributed by atoms with Gasteiger partial charge in [-0.3, -0.25) is 0 Å². The van der Waals surface area contributed by atoms with Crippen molar-refractivity contribution in [3.8, 4) is 0 Å². The van der Waals surface area contributed by atoms with E-state index in [0.29, 0.717) is 5.92 Å². The Morgan fingerprint density at radius 3 is 2.17 bits per heavy atom. The lowest BCUT2D eigenvalue weighted by Gasteiger charge is -2.29. The second kappa shape index (κ2) is 5.16. The first kappa shape index (κ1) is 13.2. The highest BCUT2D eigenvalue weighted by atomic mass is 19.2. The number of hydrogen-bond donors (Lipinski definition) is 1. The van der Waals surface area contributed by atoms with E-state index in [1.807, 2.05) is 0 Å². The van der Waals surface area contributed by atoms with Gasteiger partial charge in [0.15, 0.2) is 23.3 Å². The van der Waals surface area contributed by atoms with Crippen molar-refractivity contribution in [3.63, 3.8) is 0 Å². The summed E-state index contributed by atoms with van der Waals surface area (Å²) in [5, 5.41) is 2.53. The van der Waals surface area contributed by atoms with Crippen LogP contribution in [0.5, 0.6) is 0 Å². The lowest BCUT2D eigenvalue weighted by molar-refractivity contribution is 0.285. The van der Waals surface area contributed by atoms with Gasteiger partial charge >= 0.3 is 0 Å². The highest BCUT2D eigenvalue weighted by Gasteiger charge is 2.23. The maximum atomic E-state index is 13.4. The zero-order valence-electron chi connectivity index (χ0n) is 10.1. The van der Waals surface area contributed by atoms with Crippen LogP contribution in [0.3, 0.4) is 0 Å². The van der Waals surface area contributed by atoms with Crippen LogP contribution in [-0.2, 0) is 0 Å². The molecule has 0 aromatic heterocycles. The van der Waals surface area contributed by atoms with Gasteiger partial charge in [-0.2, -0.15) is 0 Å². The number of benzene rings is 1. The number of halogens is 4. The molecular weight excluding hydrogens is 246 g/mol. The Bertz CT molecular complexity index is 417. The van der Waals surface area contributed by atoms with Crippen molar-refractivity contribution in [2.24, 2.45) is 5.92 Å². The van der Waals surface area contributed by atoms with Crippen molar-refractivity contribution in [2.75, 3.05) is 5.32 Å². The molecule has 1 aliphatic rings. The van der Waals surface area contributed by atoms with Gasteiger partial charge in [0.2, 0.25) is 0 Å². The van der Waals surface area contributed by atoms with E-state index in [0.717, 1.165) is 19.3 Å². The highest BCUT2D eigenvalue weighted by molar-refractivity contribution is 5.47. The topological polar surface area (TPSA) is 12.0 Å². The SMILES string of the molecule is CC(CC1CCC1)Nc1c(F)c(F)cc(F)c1F. The maximum Gasteiger partial charge on any atom is 0.185 e. The zero-order valence-corrected chi connectivity index (χ0v) is 10.1. The third-order valence-electron chi connectivity index (χ3n) is 3.41. The van der Waals surface area contributed by atoms with Gasteiger partial charge in [-0.05, 0) is 19.3 Å². The highest BCUT2D eigenvalue weighted by Crippen LogP contribution is 2.32. The van der Waals surface area contributed by atoms with Crippen LogP contribution in [0.15, 0.2) is 6.07 Å². The van der Waals surface area contributed by atoms with Gasteiger partial charge in [0.1, 0.15) is 5.69 Å². The minimum absolute atomic E-state index is 0.215. The molecule has 0 amide bonds. The molecule has 1 saturated carbocycles. The molecule has 1 nitrogen and oxygen atoms in total. The Balaban J connectivity index is 2.12. The molecule has 0 heterocycles. The molecule has 0 aliphatic heterocycles. The van der Waals surface area contributed by atoms with Crippen LogP contribution >= 0.6 is 0 Å². The van der Waals surface area contributed by atoms with E-state index < -0.39 is 29.0 Å². The van der Waals surface area contributed by atoms with Gasteiger partial charge < -0.3 is 5.32 Å².